The van der Waals surface area contributed by atoms with Gasteiger partial charge >= 0.3 is 0 Å². The number of aryl methyl sites for hydroxylation is 1. The van der Waals surface area contributed by atoms with E-state index in [1.54, 1.807) is 36.1 Å². The van der Waals surface area contributed by atoms with Crippen LogP contribution in [-0.4, -0.2) is 32.5 Å². The lowest BCUT2D eigenvalue weighted by Gasteiger charge is -2.30. The zero-order valence-electron chi connectivity index (χ0n) is 14.7. The summed E-state index contributed by atoms with van der Waals surface area (Å²) in [5, 5.41) is 0. The number of fused-ring (bicyclic) bond motifs is 1. The number of rotatable bonds is 4. The molecule has 0 atom stereocenters. The van der Waals surface area contributed by atoms with E-state index >= 15 is 0 Å². The molecule has 1 aliphatic heterocycles. The average molecular weight is 339 g/mol. The van der Waals surface area contributed by atoms with E-state index < -0.39 is 0 Å². The Kier molecular flexibility index (Phi) is 4.74. The minimum absolute atomic E-state index is 0.0256. The third kappa shape index (κ3) is 3.09. The molecule has 0 saturated carbocycles. The highest BCUT2D eigenvalue weighted by molar-refractivity contribution is 6.10. The van der Waals surface area contributed by atoms with Crippen molar-refractivity contribution in [2.24, 2.45) is 0 Å². The van der Waals surface area contributed by atoms with E-state index in [1.165, 1.54) is 14.2 Å². The number of Topliss-reactive ketones (excluding diaryl/α,β-unsaturated/α-hetero) is 1. The van der Waals surface area contributed by atoms with Gasteiger partial charge in [-0.05, 0) is 55.7 Å². The van der Waals surface area contributed by atoms with Gasteiger partial charge in [0.15, 0.2) is 5.78 Å². The maximum Gasteiger partial charge on any atom is 0.265 e. The topological polar surface area (TPSA) is 55.8 Å². The second kappa shape index (κ2) is 6.97. The first-order valence-corrected chi connectivity index (χ1v) is 8.23. The summed E-state index contributed by atoms with van der Waals surface area (Å²) in [6, 6.07) is 10.8. The van der Waals surface area contributed by atoms with Gasteiger partial charge in [-0.1, -0.05) is 6.07 Å². The highest BCUT2D eigenvalue weighted by atomic mass is 16.5. The molecule has 3 rings (SSSR count). The minimum Gasteiger partial charge on any atom is -0.496 e. The smallest absolute Gasteiger partial charge is 0.265 e. The number of ether oxygens (including phenoxy) is 2. The molecule has 25 heavy (non-hydrogen) atoms. The third-order valence-electron chi connectivity index (χ3n) is 4.49. The number of anilines is 1. The first-order valence-electron chi connectivity index (χ1n) is 8.23. The molecular weight excluding hydrogens is 318 g/mol. The number of carbonyl (C=O) groups excluding carboxylic acids is 2. The second-order valence-electron chi connectivity index (χ2n) is 6.00. The highest BCUT2D eigenvalue weighted by Crippen LogP contribution is 2.34. The standard InChI is InChI=1S/C20H21NO4/c1-13(22)14-9-10-16-15(12-14)6-5-11-21(16)20(23)19-17(24-2)7-4-8-18(19)25-3/h4,7-10,12H,5-6,11H2,1-3H3. The van der Waals surface area contributed by atoms with Crippen LogP contribution in [0.4, 0.5) is 5.69 Å². The summed E-state index contributed by atoms with van der Waals surface area (Å²) in [4.78, 5) is 26.6. The van der Waals surface area contributed by atoms with E-state index in [1.807, 2.05) is 12.1 Å². The maximum absolute atomic E-state index is 13.2. The fourth-order valence-corrected chi connectivity index (χ4v) is 3.22. The van der Waals surface area contributed by atoms with Crippen LogP contribution in [0, 0.1) is 0 Å². The van der Waals surface area contributed by atoms with Gasteiger partial charge < -0.3 is 14.4 Å². The van der Waals surface area contributed by atoms with Crippen molar-refractivity contribution < 1.29 is 19.1 Å². The van der Waals surface area contributed by atoms with E-state index in [0.717, 1.165) is 24.1 Å². The van der Waals surface area contributed by atoms with E-state index in [0.29, 0.717) is 29.2 Å². The van der Waals surface area contributed by atoms with Crippen LogP contribution in [0.3, 0.4) is 0 Å². The molecule has 0 N–H and O–H groups in total. The Balaban J connectivity index is 2.05. The molecule has 1 amide bonds. The van der Waals surface area contributed by atoms with Crippen molar-refractivity contribution in [2.75, 3.05) is 25.7 Å². The number of carbonyl (C=O) groups is 2. The molecule has 1 heterocycles. The van der Waals surface area contributed by atoms with E-state index in [-0.39, 0.29) is 11.7 Å². The van der Waals surface area contributed by atoms with Gasteiger partial charge in [-0.3, -0.25) is 9.59 Å². The quantitative estimate of drug-likeness (QED) is 0.800. The summed E-state index contributed by atoms with van der Waals surface area (Å²) in [6.07, 6.45) is 1.70. The van der Waals surface area contributed by atoms with Crippen LogP contribution in [0.5, 0.6) is 11.5 Å². The first-order chi connectivity index (χ1) is 12.1. The molecule has 5 nitrogen and oxygen atoms in total. The SMILES string of the molecule is COc1cccc(OC)c1C(=O)N1CCCc2cc(C(C)=O)ccc21. The van der Waals surface area contributed by atoms with Gasteiger partial charge in [-0.25, -0.2) is 0 Å². The summed E-state index contributed by atoms with van der Waals surface area (Å²) in [6.45, 7) is 2.17. The van der Waals surface area contributed by atoms with Gasteiger partial charge in [0.1, 0.15) is 17.1 Å². The second-order valence-corrected chi connectivity index (χ2v) is 6.00. The minimum atomic E-state index is -0.161. The van der Waals surface area contributed by atoms with Crippen LogP contribution in [0.25, 0.3) is 0 Å². The van der Waals surface area contributed by atoms with Gasteiger partial charge in [0, 0.05) is 17.8 Å². The molecule has 0 aromatic heterocycles. The summed E-state index contributed by atoms with van der Waals surface area (Å²) < 4.78 is 10.7. The molecular formula is C20H21NO4. The monoisotopic (exact) mass is 339 g/mol. The number of hydrogen-bond donors (Lipinski definition) is 0. The molecule has 130 valence electrons. The van der Waals surface area contributed by atoms with E-state index in [9.17, 15) is 9.59 Å². The summed E-state index contributed by atoms with van der Waals surface area (Å²) in [7, 11) is 3.07. The lowest BCUT2D eigenvalue weighted by Crippen LogP contribution is -2.36. The number of ketones is 1. The van der Waals surface area contributed by atoms with Crippen LogP contribution in [-0.2, 0) is 6.42 Å². The molecule has 1 aliphatic rings. The molecule has 5 heteroatoms. The molecule has 0 bridgehead atoms. The first kappa shape index (κ1) is 17.0. The Hall–Kier alpha value is -2.82. The molecule has 0 spiro atoms. The molecule has 0 saturated heterocycles. The van der Waals surface area contributed by atoms with Crippen molar-refractivity contribution in [1.29, 1.82) is 0 Å². The normalized spacial score (nSPS) is 13.2. The van der Waals surface area contributed by atoms with Crippen LogP contribution < -0.4 is 14.4 Å². The summed E-state index contributed by atoms with van der Waals surface area (Å²) in [5.41, 5.74) is 2.94. The fourth-order valence-electron chi connectivity index (χ4n) is 3.22. The molecule has 0 unspecified atom stereocenters. The van der Waals surface area contributed by atoms with Crippen molar-refractivity contribution >= 4 is 17.4 Å². The van der Waals surface area contributed by atoms with Gasteiger partial charge in [-0.15, -0.1) is 0 Å². The summed E-state index contributed by atoms with van der Waals surface area (Å²) >= 11 is 0. The van der Waals surface area contributed by atoms with Crippen LogP contribution in [0.2, 0.25) is 0 Å². The van der Waals surface area contributed by atoms with Gasteiger partial charge in [0.05, 0.1) is 14.2 Å². The number of hydrogen-bond acceptors (Lipinski definition) is 4. The van der Waals surface area contributed by atoms with E-state index in [4.69, 9.17) is 9.47 Å². The lowest BCUT2D eigenvalue weighted by molar-refractivity contribution is 0.0978. The van der Waals surface area contributed by atoms with Crippen LogP contribution >= 0.6 is 0 Å². The number of amides is 1. The van der Waals surface area contributed by atoms with Crippen molar-refractivity contribution in [3.8, 4) is 11.5 Å². The maximum atomic E-state index is 13.2. The Morgan fingerprint density at radius 2 is 1.72 bits per heavy atom. The number of nitrogens with zero attached hydrogens (tertiary/aromatic N) is 1. The number of benzene rings is 2. The predicted molar refractivity (Wildman–Crippen MR) is 96.0 cm³/mol. The van der Waals surface area contributed by atoms with Crippen LogP contribution in [0.1, 0.15) is 39.6 Å². The van der Waals surface area contributed by atoms with Crippen molar-refractivity contribution in [1.82, 2.24) is 0 Å². The fraction of sp³-hybridized carbons (Fsp3) is 0.300. The number of methoxy groups -OCH3 is 2. The van der Waals surface area contributed by atoms with Gasteiger partial charge in [0.25, 0.3) is 5.91 Å². The Labute approximate surface area is 147 Å². The highest BCUT2D eigenvalue weighted by Gasteiger charge is 2.28. The van der Waals surface area contributed by atoms with Crippen molar-refractivity contribution in [3.05, 3.63) is 53.1 Å². The zero-order valence-corrected chi connectivity index (χ0v) is 14.7. The molecule has 2 aromatic carbocycles. The van der Waals surface area contributed by atoms with E-state index in [2.05, 4.69) is 0 Å². The Bertz CT molecular complexity index is 806. The van der Waals surface area contributed by atoms with Gasteiger partial charge in [0.2, 0.25) is 0 Å². The molecule has 0 fully saturated rings. The van der Waals surface area contributed by atoms with Crippen LogP contribution in [0.15, 0.2) is 36.4 Å². The van der Waals surface area contributed by atoms with Crippen molar-refractivity contribution in [3.63, 3.8) is 0 Å². The average Bonchev–Trinajstić information content (AvgIpc) is 2.65. The van der Waals surface area contributed by atoms with Crippen molar-refractivity contribution in [2.45, 2.75) is 19.8 Å². The molecule has 2 aromatic rings. The third-order valence-corrected chi connectivity index (χ3v) is 4.49. The van der Waals surface area contributed by atoms with Gasteiger partial charge in [-0.2, -0.15) is 0 Å². The zero-order chi connectivity index (χ0) is 18.0. The molecule has 0 radical (unpaired) electrons. The lowest BCUT2D eigenvalue weighted by atomic mass is 9.97. The Morgan fingerprint density at radius 1 is 1.04 bits per heavy atom. The Morgan fingerprint density at radius 3 is 2.32 bits per heavy atom. The molecule has 0 aliphatic carbocycles. The predicted octanol–water partition coefficient (Wildman–Crippen LogP) is 3.50. The summed E-state index contributed by atoms with van der Waals surface area (Å²) in [5.74, 6) is 0.831. The largest absolute Gasteiger partial charge is 0.496 e.